The van der Waals surface area contributed by atoms with Crippen LogP contribution >= 0.6 is 11.3 Å². The zero-order valence-corrected chi connectivity index (χ0v) is 10.7. The van der Waals surface area contributed by atoms with E-state index in [4.69, 9.17) is 4.42 Å². The molecule has 4 aromatic heterocycles. The summed E-state index contributed by atoms with van der Waals surface area (Å²) in [5.41, 5.74) is 1.33. The van der Waals surface area contributed by atoms with Crippen molar-refractivity contribution >= 4 is 31.9 Å². The van der Waals surface area contributed by atoms with Crippen molar-refractivity contribution < 1.29 is 4.42 Å². The van der Waals surface area contributed by atoms with Crippen LogP contribution in [0.2, 0.25) is 0 Å². The third-order valence-corrected chi connectivity index (χ3v) is 3.98. The Kier molecular flexibility index (Phi) is 2.15. The molecule has 0 aliphatic rings. The highest BCUT2D eigenvalue weighted by Gasteiger charge is 2.13. The molecule has 0 fully saturated rings. The Morgan fingerprint density at radius 2 is 2.15 bits per heavy atom. The van der Waals surface area contributed by atoms with Gasteiger partial charge in [-0.05, 0) is 6.07 Å². The maximum atomic E-state index is 11.7. The second-order valence-electron chi connectivity index (χ2n) is 4.14. The van der Waals surface area contributed by atoms with Crippen molar-refractivity contribution in [3.8, 4) is 11.3 Å². The van der Waals surface area contributed by atoms with E-state index in [2.05, 4.69) is 19.9 Å². The zero-order chi connectivity index (χ0) is 13.7. The molecule has 4 aromatic rings. The van der Waals surface area contributed by atoms with E-state index < -0.39 is 11.2 Å². The molecule has 4 rings (SSSR count). The smallest absolute Gasteiger partial charge is 0.326 e. The summed E-state index contributed by atoms with van der Waals surface area (Å²) < 4.78 is 5.42. The highest BCUT2D eigenvalue weighted by atomic mass is 32.1. The summed E-state index contributed by atoms with van der Waals surface area (Å²) in [4.78, 5) is 37.3. The number of hydrogen-bond acceptors (Lipinski definition) is 6. The number of nitrogens with zero attached hydrogens (tertiary/aromatic N) is 2. The van der Waals surface area contributed by atoms with Crippen molar-refractivity contribution in [2.75, 3.05) is 0 Å². The van der Waals surface area contributed by atoms with E-state index >= 15 is 0 Å². The molecular formula is C12H6N4O3S. The number of H-pyrrole nitrogens is 2. The third-order valence-electron chi connectivity index (χ3n) is 2.89. The predicted octanol–water partition coefficient (Wildman–Crippen LogP) is 1.48. The summed E-state index contributed by atoms with van der Waals surface area (Å²) in [6.07, 6.45) is 4.70. The molecule has 0 radical (unpaired) electrons. The number of thiophene rings is 1. The third kappa shape index (κ3) is 1.51. The van der Waals surface area contributed by atoms with Gasteiger partial charge in [0.1, 0.15) is 15.0 Å². The second-order valence-corrected chi connectivity index (χ2v) is 5.13. The summed E-state index contributed by atoms with van der Waals surface area (Å²) in [5, 5.41) is 0. The van der Waals surface area contributed by atoms with E-state index in [0.29, 0.717) is 26.3 Å². The molecule has 0 spiro atoms. The quantitative estimate of drug-likeness (QED) is 0.551. The van der Waals surface area contributed by atoms with Crippen LogP contribution in [0.1, 0.15) is 0 Å². The molecule has 0 aliphatic heterocycles. The maximum Gasteiger partial charge on any atom is 0.326 e. The Bertz CT molecular complexity index is 1040. The topological polar surface area (TPSA) is 105 Å². The lowest BCUT2D eigenvalue weighted by atomic mass is 10.2. The number of rotatable bonds is 1. The van der Waals surface area contributed by atoms with E-state index in [1.165, 1.54) is 11.3 Å². The summed E-state index contributed by atoms with van der Waals surface area (Å²) in [6, 6.07) is 1.76. The number of fused-ring (bicyclic) bond motifs is 3. The van der Waals surface area contributed by atoms with Crippen molar-refractivity contribution in [1.82, 2.24) is 19.9 Å². The predicted molar refractivity (Wildman–Crippen MR) is 73.9 cm³/mol. The molecule has 8 heteroatoms. The molecule has 0 bridgehead atoms. The Balaban J connectivity index is 2.14. The van der Waals surface area contributed by atoms with E-state index in [1.807, 2.05) is 0 Å². The van der Waals surface area contributed by atoms with Gasteiger partial charge in [-0.3, -0.25) is 9.78 Å². The van der Waals surface area contributed by atoms with Gasteiger partial charge in [0.2, 0.25) is 0 Å². The fourth-order valence-corrected chi connectivity index (χ4v) is 2.94. The molecule has 0 aromatic carbocycles. The summed E-state index contributed by atoms with van der Waals surface area (Å²) in [6.45, 7) is 0. The summed E-state index contributed by atoms with van der Waals surface area (Å²) in [7, 11) is 0. The minimum atomic E-state index is -0.558. The lowest BCUT2D eigenvalue weighted by Crippen LogP contribution is -2.20. The van der Waals surface area contributed by atoms with Gasteiger partial charge in [0.15, 0.2) is 0 Å². The van der Waals surface area contributed by atoms with Gasteiger partial charge in [-0.25, -0.2) is 14.8 Å². The highest BCUT2D eigenvalue weighted by molar-refractivity contribution is 7.25. The first-order valence-electron chi connectivity index (χ1n) is 5.67. The monoisotopic (exact) mass is 286 g/mol. The SMILES string of the molecule is O=c1[nH]c(=O)c2sc3ncc(-c4ccoc4)nc3c2[nH]1. The molecule has 98 valence electrons. The van der Waals surface area contributed by atoms with Gasteiger partial charge in [0.25, 0.3) is 5.56 Å². The molecule has 20 heavy (non-hydrogen) atoms. The van der Waals surface area contributed by atoms with E-state index in [-0.39, 0.29) is 0 Å². The molecule has 0 saturated heterocycles. The van der Waals surface area contributed by atoms with Crippen molar-refractivity contribution in [1.29, 1.82) is 0 Å². The molecule has 4 heterocycles. The van der Waals surface area contributed by atoms with E-state index in [9.17, 15) is 9.59 Å². The van der Waals surface area contributed by atoms with Crippen LogP contribution in [-0.2, 0) is 0 Å². The second kappa shape index (κ2) is 3.87. The first kappa shape index (κ1) is 11.1. The van der Waals surface area contributed by atoms with Gasteiger partial charge in [-0.1, -0.05) is 0 Å². The van der Waals surface area contributed by atoms with Crippen LogP contribution in [0.25, 0.3) is 31.8 Å². The van der Waals surface area contributed by atoms with Crippen molar-refractivity contribution in [2.45, 2.75) is 0 Å². The van der Waals surface area contributed by atoms with Crippen LogP contribution in [0.5, 0.6) is 0 Å². The standard InChI is InChI=1S/C12H6N4O3S/c17-10-9-7(15-12(18)16-10)8-11(20-9)13-3-6(14-8)5-1-2-19-4-5/h1-4H,(H2,15,16,17,18). The van der Waals surface area contributed by atoms with Crippen molar-refractivity contribution in [3.63, 3.8) is 0 Å². The molecule has 0 unspecified atom stereocenters. The summed E-state index contributed by atoms with van der Waals surface area (Å²) >= 11 is 1.19. The Morgan fingerprint density at radius 3 is 2.95 bits per heavy atom. The molecule has 0 amide bonds. The highest BCUT2D eigenvalue weighted by Crippen LogP contribution is 2.28. The lowest BCUT2D eigenvalue weighted by molar-refractivity contribution is 0.568. The number of hydrogen-bond donors (Lipinski definition) is 2. The van der Waals surface area contributed by atoms with E-state index in [0.717, 1.165) is 5.56 Å². The molecular weight excluding hydrogens is 280 g/mol. The molecule has 0 atom stereocenters. The van der Waals surface area contributed by atoms with Crippen LogP contribution in [0.4, 0.5) is 0 Å². The minimum Gasteiger partial charge on any atom is -0.472 e. The van der Waals surface area contributed by atoms with Gasteiger partial charge in [0, 0.05) is 5.56 Å². The first-order chi connectivity index (χ1) is 9.72. The van der Waals surface area contributed by atoms with Gasteiger partial charge >= 0.3 is 5.69 Å². The first-order valence-corrected chi connectivity index (χ1v) is 6.48. The fraction of sp³-hybridized carbons (Fsp3) is 0. The van der Waals surface area contributed by atoms with Gasteiger partial charge in [-0.2, -0.15) is 0 Å². The Labute approximate surface area is 113 Å². The molecule has 2 N–H and O–H groups in total. The van der Waals surface area contributed by atoms with Gasteiger partial charge < -0.3 is 9.40 Å². The van der Waals surface area contributed by atoms with Crippen LogP contribution < -0.4 is 11.2 Å². The Morgan fingerprint density at radius 1 is 1.25 bits per heavy atom. The molecule has 0 aliphatic carbocycles. The van der Waals surface area contributed by atoms with Crippen LogP contribution in [0.3, 0.4) is 0 Å². The minimum absolute atomic E-state index is 0.406. The fourth-order valence-electron chi connectivity index (χ4n) is 2.00. The van der Waals surface area contributed by atoms with Crippen LogP contribution in [0.15, 0.2) is 38.8 Å². The Hall–Kier alpha value is -2.74. The average molecular weight is 286 g/mol. The summed E-state index contributed by atoms with van der Waals surface area (Å²) in [5.74, 6) is 0. The van der Waals surface area contributed by atoms with Crippen LogP contribution in [-0.4, -0.2) is 19.9 Å². The zero-order valence-electron chi connectivity index (χ0n) is 9.84. The van der Waals surface area contributed by atoms with Crippen molar-refractivity contribution in [2.24, 2.45) is 0 Å². The van der Waals surface area contributed by atoms with Gasteiger partial charge in [0.05, 0.1) is 29.9 Å². The maximum absolute atomic E-state index is 11.7. The number of nitrogens with one attached hydrogen (secondary N) is 2. The number of furan rings is 1. The average Bonchev–Trinajstić information content (AvgIpc) is 3.05. The van der Waals surface area contributed by atoms with Gasteiger partial charge in [-0.15, -0.1) is 11.3 Å². The molecule has 0 saturated carbocycles. The van der Waals surface area contributed by atoms with E-state index in [1.54, 1.807) is 24.8 Å². The number of aromatic amines is 2. The molecule has 7 nitrogen and oxygen atoms in total. The normalized spacial score (nSPS) is 11.4. The lowest BCUT2D eigenvalue weighted by Gasteiger charge is -1.95. The van der Waals surface area contributed by atoms with Crippen LogP contribution in [0, 0.1) is 0 Å². The van der Waals surface area contributed by atoms with Crippen molar-refractivity contribution in [3.05, 3.63) is 45.6 Å². The largest absolute Gasteiger partial charge is 0.472 e. The number of aromatic nitrogens is 4.